The van der Waals surface area contributed by atoms with Crippen molar-refractivity contribution in [1.82, 2.24) is 0 Å². The van der Waals surface area contributed by atoms with Gasteiger partial charge in [-0.3, -0.25) is 4.99 Å². The van der Waals surface area contributed by atoms with Crippen LogP contribution < -0.4 is 0 Å². The number of nitrogens with zero attached hydrogens (tertiary/aromatic N) is 2. The average Bonchev–Trinajstić information content (AvgIpc) is 2.67. The Hall–Kier alpha value is -1.68. The van der Waals surface area contributed by atoms with E-state index in [-0.39, 0.29) is 6.04 Å². The molecule has 0 spiro atoms. The third-order valence-electron chi connectivity index (χ3n) is 3.39. The Labute approximate surface area is 107 Å². The van der Waals surface area contributed by atoms with Gasteiger partial charge in [-0.15, -0.1) is 0 Å². The maximum atomic E-state index is 11.4. The monoisotopic (exact) mass is 247 g/mol. The molecule has 1 N–H and O–H groups in total. The van der Waals surface area contributed by atoms with E-state index in [0.717, 1.165) is 11.1 Å². The number of fused-ring (bicyclic) bond motifs is 1. The molecule has 0 amide bonds. The minimum Gasteiger partial charge on any atom is -0.477 e. The molecule has 1 heterocycles. The van der Waals surface area contributed by atoms with Crippen LogP contribution in [0.2, 0.25) is 0 Å². The minimum atomic E-state index is -0.761. The Bertz CT molecular complexity index is 479. The van der Waals surface area contributed by atoms with E-state index < -0.39 is 12.0 Å². The normalized spacial score (nSPS) is 23.4. The highest BCUT2D eigenvalue weighted by molar-refractivity contribution is 5.87. The lowest BCUT2D eigenvalue weighted by molar-refractivity contribution is -0.887. The van der Waals surface area contributed by atoms with E-state index in [1.54, 1.807) is 0 Å². The second-order valence-corrected chi connectivity index (χ2v) is 5.62. The third kappa shape index (κ3) is 2.43. The van der Waals surface area contributed by atoms with Crippen molar-refractivity contribution < 1.29 is 14.4 Å². The van der Waals surface area contributed by atoms with Crippen LogP contribution in [0, 0.1) is 0 Å². The van der Waals surface area contributed by atoms with Gasteiger partial charge in [0, 0.05) is 12.6 Å². The second-order valence-electron chi connectivity index (χ2n) is 5.62. The van der Waals surface area contributed by atoms with Gasteiger partial charge in [0.1, 0.15) is 0 Å². The van der Waals surface area contributed by atoms with Crippen LogP contribution in [-0.4, -0.2) is 55.0 Å². The van der Waals surface area contributed by atoms with Crippen LogP contribution in [0.25, 0.3) is 0 Å². The lowest BCUT2D eigenvalue weighted by atomic mass is 9.95. The number of hydrogen-bond donors (Lipinski definition) is 1. The number of aliphatic carboxylic acids is 1. The number of hydrogen-bond acceptors (Lipinski definition) is 2. The number of quaternary nitrogens is 1. The molecule has 18 heavy (non-hydrogen) atoms. The summed E-state index contributed by atoms with van der Waals surface area (Å²) < 4.78 is 0.407. The molecule has 2 unspecified atom stereocenters. The van der Waals surface area contributed by atoms with Crippen molar-refractivity contribution in [3.05, 3.63) is 35.5 Å². The summed E-state index contributed by atoms with van der Waals surface area (Å²) >= 11 is 0. The van der Waals surface area contributed by atoms with Gasteiger partial charge in [-0.05, 0) is 11.1 Å². The first-order valence-electron chi connectivity index (χ1n) is 6.04. The minimum absolute atomic E-state index is 0.0897. The molecule has 2 atom stereocenters. The Morgan fingerprint density at radius 2 is 2.17 bits per heavy atom. The fourth-order valence-electron chi connectivity index (χ4n) is 2.27. The molecule has 2 aliphatic rings. The first-order chi connectivity index (χ1) is 8.39. The predicted molar refractivity (Wildman–Crippen MR) is 71.7 cm³/mol. The van der Waals surface area contributed by atoms with E-state index >= 15 is 0 Å². The number of carboxylic acid groups (broad SMARTS) is 1. The highest BCUT2D eigenvalue weighted by Gasteiger charge is 2.34. The molecule has 0 aromatic carbocycles. The van der Waals surface area contributed by atoms with Gasteiger partial charge in [0.15, 0.2) is 6.04 Å². The quantitative estimate of drug-likeness (QED) is 0.764. The predicted octanol–water partition coefficient (Wildman–Crippen LogP) is 1.41. The van der Waals surface area contributed by atoms with E-state index in [0.29, 0.717) is 10.9 Å². The molecule has 0 saturated heterocycles. The van der Waals surface area contributed by atoms with E-state index in [1.807, 2.05) is 51.7 Å². The first-order valence-corrected chi connectivity index (χ1v) is 6.04. The van der Waals surface area contributed by atoms with E-state index in [2.05, 4.69) is 4.99 Å². The fourth-order valence-corrected chi connectivity index (χ4v) is 2.27. The zero-order valence-electron chi connectivity index (χ0n) is 11.0. The van der Waals surface area contributed by atoms with Crippen LogP contribution in [0.15, 0.2) is 40.4 Å². The number of aliphatic imine (C=N–C) groups is 1. The molecule has 0 saturated carbocycles. The highest BCUT2D eigenvalue weighted by atomic mass is 16.4. The van der Waals surface area contributed by atoms with Gasteiger partial charge in [-0.1, -0.05) is 24.3 Å². The van der Waals surface area contributed by atoms with Gasteiger partial charge in [0.25, 0.3) is 0 Å². The van der Waals surface area contributed by atoms with Crippen molar-refractivity contribution in [2.24, 2.45) is 4.99 Å². The molecule has 0 aromatic rings. The summed E-state index contributed by atoms with van der Waals surface area (Å²) in [5.41, 5.74) is 2.18. The van der Waals surface area contributed by atoms with E-state index in [1.165, 1.54) is 0 Å². The van der Waals surface area contributed by atoms with Crippen LogP contribution in [0.1, 0.15) is 6.42 Å². The number of carbonyl (C=O) groups is 1. The molecule has 96 valence electrons. The van der Waals surface area contributed by atoms with Crippen molar-refractivity contribution in [3.8, 4) is 0 Å². The lowest BCUT2D eigenvalue weighted by Crippen LogP contribution is -2.50. The van der Waals surface area contributed by atoms with Crippen LogP contribution >= 0.6 is 0 Å². The molecule has 0 aromatic heterocycles. The van der Waals surface area contributed by atoms with Gasteiger partial charge in [-0.25, -0.2) is 4.79 Å². The number of likely N-dealkylation sites (N-methyl/N-ethyl adjacent to an activating group) is 1. The van der Waals surface area contributed by atoms with Crippen LogP contribution in [0.4, 0.5) is 0 Å². The SMILES string of the molecule is C[N+](C)(C)C(CC1=C2C=CC=CC2N=C1)C(=O)O. The van der Waals surface area contributed by atoms with Gasteiger partial charge in [0.2, 0.25) is 0 Å². The van der Waals surface area contributed by atoms with E-state index in [4.69, 9.17) is 0 Å². The summed E-state index contributed by atoms with van der Waals surface area (Å²) in [6.07, 6.45) is 10.4. The number of rotatable bonds is 4. The molecule has 1 aliphatic heterocycles. The molecule has 0 bridgehead atoms. The molecule has 0 fully saturated rings. The summed E-state index contributed by atoms with van der Waals surface area (Å²) in [6.45, 7) is 0. The Morgan fingerprint density at radius 1 is 1.44 bits per heavy atom. The molecule has 4 nitrogen and oxygen atoms in total. The van der Waals surface area contributed by atoms with Gasteiger partial charge in [0.05, 0.1) is 27.2 Å². The fraction of sp³-hybridized carbons (Fsp3) is 0.429. The Kier molecular flexibility index (Phi) is 3.22. The van der Waals surface area contributed by atoms with Crippen LogP contribution in [0.5, 0.6) is 0 Å². The molecule has 1 aliphatic carbocycles. The molecular weight excluding hydrogens is 228 g/mol. The van der Waals surface area contributed by atoms with Crippen molar-refractivity contribution in [1.29, 1.82) is 0 Å². The highest BCUT2D eigenvalue weighted by Crippen LogP contribution is 2.27. The zero-order valence-corrected chi connectivity index (χ0v) is 11.0. The zero-order chi connectivity index (χ0) is 13.3. The van der Waals surface area contributed by atoms with Crippen molar-refractivity contribution in [2.45, 2.75) is 18.5 Å². The largest absolute Gasteiger partial charge is 0.477 e. The van der Waals surface area contributed by atoms with Crippen molar-refractivity contribution >= 4 is 12.2 Å². The van der Waals surface area contributed by atoms with Crippen LogP contribution in [-0.2, 0) is 4.79 Å². The molecule has 4 heteroatoms. The summed E-state index contributed by atoms with van der Waals surface area (Å²) in [7, 11) is 5.72. The number of allylic oxidation sites excluding steroid dienone is 2. The smallest absolute Gasteiger partial charge is 0.362 e. The summed E-state index contributed by atoms with van der Waals surface area (Å²) in [4.78, 5) is 15.8. The standard InChI is InChI=1S/C14H18N2O2/c1-16(2,3)13(14(17)18)8-10-9-15-12-7-5-4-6-11(10)12/h4-7,9,12-13H,8H2,1-3H3/p+1. The summed E-state index contributed by atoms with van der Waals surface area (Å²) in [5.74, 6) is -0.761. The lowest BCUT2D eigenvalue weighted by Gasteiger charge is -2.31. The van der Waals surface area contributed by atoms with Crippen molar-refractivity contribution in [2.75, 3.05) is 21.1 Å². The Morgan fingerprint density at radius 3 is 2.78 bits per heavy atom. The van der Waals surface area contributed by atoms with Crippen LogP contribution in [0.3, 0.4) is 0 Å². The third-order valence-corrected chi connectivity index (χ3v) is 3.39. The summed E-state index contributed by atoms with van der Waals surface area (Å²) in [5, 5.41) is 9.35. The molecular formula is C14H19N2O2+. The number of carboxylic acids is 1. The topological polar surface area (TPSA) is 49.7 Å². The Balaban J connectivity index is 2.24. The average molecular weight is 247 g/mol. The van der Waals surface area contributed by atoms with Gasteiger partial charge >= 0.3 is 5.97 Å². The van der Waals surface area contributed by atoms with Gasteiger partial charge in [-0.2, -0.15) is 0 Å². The first kappa shape index (κ1) is 12.8. The second kappa shape index (κ2) is 4.53. The van der Waals surface area contributed by atoms with E-state index in [9.17, 15) is 9.90 Å². The maximum Gasteiger partial charge on any atom is 0.362 e. The van der Waals surface area contributed by atoms with Gasteiger partial charge < -0.3 is 9.59 Å². The molecule has 0 radical (unpaired) electrons. The maximum absolute atomic E-state index is 11.4. The molecule has 2 rings (SSSR count). The summed E-state index contributed by atoms with van der Waals surface area (Å²) in [6, 6.07) is -0.357. The van der Waals surface area contributed by atoms with Crippen molar-refractivity contribution in [3.63, 3.8) is 0 Å².